The molecule has 0 bridgehead atoms. The van der Waals surface area contributed by atoms with Crippen molar-refractivity contribution in [2.24, 2.45) is 11.1 Å². The van der Waals surface area contributed by atoms with Crippen LogP contribution in [0.25, 0.3) is 0 Å². The summed E-state index contributed by atoms with van der Waals surface area (Å²) in [6, 6.07) is -0.485. The monoisotopic (exact) mass is 229 g/mol. The first-order valence-electron chi connectivity index (χ1n) is 6.00. The van der Waals surface area contributed by atoms with Crippen LogP contribution in [-0.2, 0) is 9.53 Å². The Hall–Kier alpha value is -0.570. The molecule has 1 atom stereocenters. The van der Waals surface area contributed by atoms with Gasteiger partial charge in [-0.3, -0.25) is 4.79 Å². The number of hydrogen-bond acceptors (Lipinski definition) is 3. The summed E-state index contributed by atoms with van der Waals surface area (Å²) < 4.78 is 5.22. The van der Waals surface area contributed by atoms with Gasteiger partial charge in [0, 0.05) is 0 Å². The fraction of sp³-hybridized carbons (Fsp3) is 0.923. The Balaban J connectivity index is 3.89. The molecule has 96 valence electrons. The largest absolute Gasteiger partial charge is 0.459 e. The number of carbonyl (C=O) groups excluding carboxylic acids is 1. The molecule has 2 N–H and O–H groups in total. The second-order valence-electron chi connectivity index (χ2n) is 6.59. The van der Waals surface area contributed by atoms with Crippen molar-refractivity contribution in [3.05, 3.63) is 0 Å². The summed E-state index contributed by atoms with van der Waals surface area (Å²) in [5.74, 6) is -0.290. The van der Waals surface area contributed by atoms with Crippen LogP contribution in [0.2, 0.25) is 0 Å². The molecule has 0 heterocycles. The first-order valence-corrected chi connectivity index (χ1v) is 6.00. The number of nitrogens with two attached hydrogens (primary N) is 1. The molecular formula is C13H27NO2. The Bertz CT molecular complexity index is 223. The molecule has 0 amide bonds. The summed E-state index contributed by atoms with van der Waals surface area (Å²) in [6.45, 7) is 12.1. The minimum atomic E-state index is -0.485. The number of carbonyl (C=O) groups is 1. The fourth-order valence-corrected chi connectivity index (χ4v) is 1.35. The van der Waals surface area contributed by atoms with Gasteiger partial charge in [0.1, 0.15) is 11.6 Å². The van der Waals surface area contributed by atoms with Crippen LogP contribution in [0.4, 0.5) is 0 Å². The Morgan fingerprint density at radius 3 is 2.06 bits per heavy atom. The maximum atomic E-state index is 11.6. The molecule has 16 heavy (non-hydrogen) atoms. The van der Waals surface area contributed by atoms with Crippen LogP contribution in [0.5, 0.6) is 0 Å². The quantitative estimate of drug-likeness (QED) is 0.754. The summed E-state index contributed by atoms with van der Waals surface area (Å²) in [5.41, 5.74) is 5.63. The van der Waals surface area contributed by atoms with E-state index in [1.54, 1.807) is 0 Å². The van der Waals surface area contributed by atoms with Gasteiger partial charge in [-0.2, -0.15) is 0 Å². The van der Waals surface area contributed by atoms with Gasteiger partial charge in [-0.05, 0) is 39.0 Å². The van der Waals surface area contributed by atoms with Crippen molar-refractivity contribution in [2.45, 2.75) is 72.4 Å². The second-order valence-corrected chi connectivity index (χ2v) is 6.59. The topological polar surface area (TPSA) is 52.3 Å². The van der Waals surface area contributed by atoms with E-state index < -0.39 is 11.6 Å². The van der Waals surface area contributed by atoms with E-state index in [0.717, 1.165) is 12.8 Å². The molecule has 3 heteroatoms. The molecule has 0 rings (SSSR count). The van der Waals surface area contributed by atoms with Crippen molar-refractivity contribution in [1.29, 1.82) is 0 Å². The lowest BCUT2D eigenvalue weighted by Gasteiger charge is -2.23. The van der Waals surface area contributed by atoms with Crippen molar-refractivity contribution in [3.8, 4) is 0 Å². The smallest absolute Gasteiger partial charge is 0.323 e. The molecule has 0 radical (unpaired) electrons. The van der Waals surface area contributed by atoms with Crippen LogP contribution < -0.4 is 5.73 Å². The van der Waals surface area contributed by atoms with E-state index >= 15 is 0 Å². The number of rotatable bonds is 4. The maximum Gasteiger partial charge on any atom is 0.323 e. The molecule has 0 aliphatic rings. The van der Waals surface area contributed by atoms with Crippen LogP contribution in [-0.4, -0.2) is 17.6 Å². The highest BCUT2D eigenvalue weighted by Crippen LogP contribution is 2.22. The lowest BCUT2D eigenvalue weighted by atomic mass is 9.89. The Labute approximate surface area is 99.7 Å². The van der Waals surface area contributed by atoms with Gasteiger partial charge in [-0.25, -0.2) is 0 Å². The predicted molar refractivity (Wildman–Crippen MR) is 67.1 cm³/mol. The zero-order valence-corrected chi connectivity index (χ0v) is 11.6. The highest BCUT2D eigenvalue weighted by molar-refractivity contribution is 5.75. The third-order valence-electron chi connectivity index (χ3n) is 2.15. The van der Waals surface area contributed by atoms with E-state index in [2.05, 4.69) is 20.8 Å². The number of esters is 1. The zero-order chi connectivity index (χ0) is 13.0. The van der Waals surface area contributed by atoms with Gasteiger partial charge in [-0.15, -0.1) is 0 Å². The highest BCUT2D eigenvalue weighted by atomic mass is 16.6. The molecule has 0 aromatic carbocycles. The molecule has 0 fully saturated rings. The lowest BCUT2D eigenvalue weighted by molar-refractivity contribution is -0.156. The third-order valence-corrected chi connectivity index (χ3v) is 2.15. The van der Waals surface area contributed by atoms with Gasteiger partial charge in [0.25, 0.3) is 0 Å². The van der Waals surface area contributed by atoms with Crippen molar-refractivity contribution in [3.63, 3.8) is 0 Å². The normalized spacial score (nSPS) is 14.7. The first-order chi connectivity index (χ1) is 7.01. The third kappa shape index (κ3) is 8.72. The second kappa shape index (κ2) is 5.67. The van der Waals surface area contributed by atoms with Gasteiger partial charge < -0.3 is 10.5 Å². The summed E-state index contributed by atoms with van der Waals surface area (Å²) in [5, 5.41) is 0. The Morgan fingerprint density at radius 2 is 1.69 bits per heavy atom. The van der Waals surface area contributed by atoms with Crippen LogP contribution in [0.1, 0.15) is 60.8 Å². The summed E-state index contributed by atoms with van der Waals surface area (Å²) >= 11 is 0. The van der Waals surface area contributed by atoms with Gasteiger partial charge in [0.15, 0.2) is 0 Å². The summed E-state index contributed by atoms with van der Waals surface area (Å²) in [6.07, 6.45) is 2.74. The maximum absolute atomic E-state index is 11.6. The van der Waals surface area contributed by atoms with E-state index in [9.17, 15) is 4.79 Å². The minimum Gasteiger partial charge on any atom is -0.459 e. The first kappa shape index (κ1) is 15.4. The zero-order valence-electron chi connectivity index (χ0n) is 11.6. The van der Waals surface area contributed by atoms with E-state index in [0.29, 0.717) is 11.8 Å². The van der Waals surface area contributed by atoms with Crippen LogP contribution in [0.3, 0.4) is 0 Å². The van der Waals surface area contributed by atoms with E-state index in [-0.39, 0.29) is 5.97 Å². The van der Waals surface area contributed by atoms with Crippen LogP contribution >= 0.6 is 0 Å². The molecule has 0 saturated carbocycles. The average molecular weight is 229 g/mol. The van der Waals surface area contributed by atoms with Crippen LogP contribution in [0, 0.1) is 5.41 Å². The molecule has 0 spiro atoms. The van der Waals surface area contributed by atoms with Gasteiger partial charge in [0.05, 0.1) is 0 Å². The van der Waals surface area contributed by atoms with Crippen molar-refractivity contribution >= 4 is 5.97 Å². The van der Waals surface area contributed by atoms with E-state index in [1.165, 1.54) is 0 Å². The van der Waals surface area contributed by atoms with Crippen molar-refractivity contribution < 1.29 is 9.53 Å². The summed E-state index contributed by atoms with van der Waals surface area (Å²) in [7, 11) is 0. The molecule has 0 aromatic rings. The molecule has 0 aliphatic carbocycles. The number of hydrogen-bond donors (Lipinski definition) is 1. The van der Waals surface area contributed by atoms with Crippen molar-refractivity contribution in [1.82, 2.24) is 0 Å². The van der Waals surface area contributed by atoms with Gasteiger partial charge in [-0.1, -0.05) is 27.2 Å². The predicted octanol–water partition coefficient (Wildman–Crippen LogP) is 2.87. The summed E-state index contributed by atoms with van der Waals surface area (Å²) in [4.78, 5) is 11.6. The molecule has 3 nitrogen and oxygen atoms in total. The molecule has 0 saturated heterocycles. The molecular weight excluding hydrogens is 202 g/mol. The molecule has 0 aromatic heterocycles. The minimum absolute atomic E-state index is 0.290. The van der Waals surface area contributed by atoms with E-state index in [4.69, 9.17) is 10.5 Å². The van der Waals surface area contributed by atoms with Gasteiger partial charge >= 0.3 is 5.97 Å². The molecule has 0 aliphatic heterocycles. The lowest BCUT2D eigenvalue weighted by Crippen LogP contribution is -2.37. The number of ether oxygens (including phenoxy) is 1. The standard InChI is InChI=1S/C13H27NO2/c1-12(2,3)9-7-8-10(14)11(15)16-13(4,5)6/h10H,7-9,14H2,1-6H3. The fourth-order valence-electron chi connectivity index (χ4n) is 1.35. The Kier molecular flexibility index (Phi) is 5.47. The van der Waals surface area contributed by atoms with E-state index in [1.807, 2.05) is 20.8 Å². The average Bonchev–Trinajstić information content (AvgIpc) is 1.98. The van der Waals surface area contributed by atoms with Crippen molar-refractivity contribution in [2.75, 3.05) is 0 Å². The Morgan fingerprint density at radius 1 is 1.19 bits per heavy atom. The molecule has 1 unspecified atom stereocenters. The SMILES string of the molecule is CC(C)(C)CCCC(N)C(=O)OC(C)(C)C. The highest BCUT2D eigenvalue weighted by Gasteiger charge is 2.22. The van der Waals surface area contributed by atoms with Gasteiger partial charge in [0.2, 0.25) is 0 Å². The van der Waals surface area contributed by atoms with Crippen LogP contribution in [0.15, 0.2) is 0 Å².